The first-order chi connectivity index (χ1) is 7.92. The molecule has 0 unspecified atom stereocenters. The molecule has 2 N–H and O–H groups in total. The van der Waals surface area contributed by atoms with Crippen molar-refractivity contribution in [2.75, 3.05) is 6.54 Å². The van der Waals surface area contributed by atoms with Gasteiger partial charge in [0.15, 0.2) is 5.82 Å². The van der Waals surface area contributed by atoms with E-state index in [4.69, 9.17) is 5.73 Å². The first-order valence-corrected chi connectivity index (χ1v) is 5.55. The maximum absolute atomic E-state index is 5.48. The molecule has 0 amide bonds. The van der Waals surface area contributed by atoms with Gasteiger partial charge in [0.2, 0.25) is 0 Å². The maximum Gasteiger partial charge on any atom is 0.163 e. The van der Waals surface area contributed by atoms with Crippen molar-refractivity contribution >= 4 is 0 Å². The average molecular weight is 216 g/mol. The third kappa shape index (κ3) is 2.46. The van der Waals surface area contributed by atoms with Gasteiger partial charge in [-0.05, 0) is 19.4 Å². The lowest BCUT2D eigenvalue weighted by Crippen LogP contribution is -2.03. The van der Waals surface area contributed by atoms with E-state index in [0.29, 0.717) is 0 Å². The lowest BCUT2D eigenvalue weighted by atomic mass is 10.2. The molecular formula is C12H16N4. The molecule has 0 fully saturated rings. The molecule has 0 aliphatic heterocycles. The molecule has 2 aromatic rings. The zero-order chi connectivity index (χ0) is 11.2. The fraction of sp³-hybridized carbons (Fsp3) is 0.333. The highest BCUT2D eigenvalue weighted by molar-refractivity contribution is 5.54. The average Bonchev–Trinajstić information content (AvgIpc) is 2.79. The molecule has 1 aromatic carbocycles. The van der Waals surface area contributed by atoms with Crippen LogP contribution in [0.2, 0.25) is 0 Å². The first-order valence-electron chi connectivity index (χ1n) is 5.55. The molecule has 0 spiro atoms. The number of nitrogens with two attached hydrogens (primary N) is 1. The molecule has 1 heterocycles. The molecule has 0 saturated carbocycles. The number of nitrogens with zero attached hydrogens (tertiary/aromatic N) is 3. The van der Waals surface area contributed by atoms with Crippen LogP contribution in [0.3, 0.4) is 0 Å². The Kier molecular flexibility index (Phi) is 3.66. The predicted molar refractivity (Wildman–Crippen MR) is 63.7 cm³/mol. The normalized spacial score (nSPS) is 10.6. The number of hydrogen-bond acceptors (Lipinski definition) is 3. The maximum atomic E-state index is 5.48. The van der Waals surface area contributed by atoms with E-state index in [1.807, 2.05) is 30.3 Å². The molecule has 2 rings (SSSR count). The van der Waals surface area contributed by atoms with Crippen molar-refractivity contribution in [1.82, 2.24) is 14.8 Å². The quantitative estimate of drug-likeness (QED) is 0.774. The van der Waals surface area contributed by atoms with Gasteiger partial charge in [0.05, 0.1) is 0 Å². The summed E-state index contributed by atoms with van der Waals surface area (Å²) in [6, 6.07) is 10.1. The molecule has 0 bridgehead atoms. The predicted octanol–water partition coefficient (Wildman–Crippen LogP) is 1.68. The molecule has 4 heteroatoms. The molecule has 16 heavy (non-hydrogen) atoms. The Hall–Kier alpha value is -1.68. The van der Waals surface area contributed by atoms with Crippen LogP contribution >= 0.6 is 0 Å². The van der Waals surface area contributed by atoms with E-state index in [9.17, 15) is 0 Å². The van der Waals surface area contributed by atoms with Crippen LogP contribution in [0.1, 0.15) is 12.8 Å². The lowest BCUT2D eigenvalue weighted by Gasteiger charge is -2.05. The smallest absolute Gasteiger partial charge is 0.163 e. The minimum atomic E-state index is 0.739. The SMILES string of the molecule is NCCCCn1cnnc1-c1ccccc1. The largest absolute Gasteiger partial charge is 0.330 e. The Morgan fingerprint density at radius 2 is 1.94 bits per heavy atom. The van der Waals surface area contributed by atoms with Gasteiger partial charge in [0, 0.05) is 12.1 Å². The van der Waals surface area contributed by atoms with E-state index in [-0.39, 0.29) is 0 Å². The summed E-state index contributed by atoms with van der Waals surface area (Å²) in [5.74, 6) is 0.928. The van der Waals surface area contributed by atoms with Crippen molar-refractivity contribution in [2.24, 2.45) is 5.73 Å². The van der Waals surface area contributed by atoms with Crippen LogP contribution in [0.25, 0.3) is 11.4 Å². The van der Waals surface area contributed by atoms with Gasteiger partial charge >= 0.3 is 0 Å². The highest BCUT2D eigenvalue weighted by Crippen LogP contribution is 2.15. The van der Waals surface area contributed by atoms with Gasteiger partial charge in [0.1, 0.15) is 6.33 Å². The Labute approximate surface area is 95.1 Å². The fourth-order valence-corrected chi connectivity index (χ4v) is 1.66. The Morgan fingerprint density at radius 1 is 1.12 bits per heavy atom. The van der Waals surface area contributed by atoms with Crippen LogP contribution in [0.4, 0.5) is 0 Å². The van der Waals surface area contributed by atoms with Crippen LogP contribution in [0.5, 0.6) is 0 Å². The number of aromatic nitrogens is 3. The summed E-state index contributed by atoms with van der Waals surface area (Å²) in [6.07, 6.45) is 3.87. The first kappa shape index (κ1) is 10.8. The number of rotatable bonds is 5. The van der Waals surface area contributed by atoms with Gasteiger partial charge in [-0.25, -0.2) is 0 Å². The van der Waals surface area contributed by atoms with Crippen molar-refractivity contribution in [3.05, 3.63) is 36.7 Å². The van der Waals surface area contributed by atoms with Crippen LogP contribution in [-0.2, 0) is 6.54 Å². The van der Waals surface area contributed by atoms with E-state index in [1.165, 1.54) is 0 Å². The van der Waals surface area contributed by atoms with Crippen LogP contribution in [-0.4, -0.2) is 21.3 Å². The second-order valence-corrected chi connectivity index (χ2v) is 3.71. The second kappa shape index (κ2) is 5.42. The summed E-state index contributed by atoms with van der Waals surface area (Å²) in [5, 5.41) is 8.11. The molecule has 0 saturated heterocycles. The van der Waals surface area contributed by atoms with Gasteiger partial charge in [-0.15, -0.1) is 10.2 Å². The van der Waals surface area contributed by atoms with Crippen molar-refractivity contribution < 1.29 is 0 Å². The highest BCUT2D eigenvalue weighted by Gasteiger charge is 2.05. The molecule has 0 radical (unpaired) electrons. The minimum Gasteiger partial charge on any atom is -0.330 e. The summed E-state index contributed by atoms with van der Waals surface area (Å²) in [7, 11) is 0. The Bertz CT molecular complexity index is 422. The van der Waals surface area contributed by atoms with Gasteiger partial charge in [-0.1, -0.05) is 30.3 Å². The molecule has 0 atom stereocenters. The summed E-state index contributed by atoms with van der Waals surface area (Å²) >= 11 is 0. The topological polar surface area (TPSA) is 56.7 Å². The van der Waals surface area contributed by atoms with Gasteiger partial charge in [-0.3, -0.25) is 0 Å². The second-order valence-electron chi connectivity index (χ2n) is 3.71. The van der Waals surface area contributed by atoms with Gasteiger partial charge in [-0.2, -0.15) is 0 Å². The number of hydrogen-bond donors (Lipinski definition) is 1. The van der Waals surface area contributed by atoms with Crippen molar-refractivity contribution in [3.8, 4) is 11.4 Å². The Balaban J connectivity index is 2.13. The monoisotopic (exact) mass is 216 g/mol. The van der Waals surface area contributed by atoms with Crippen molar-refractivity contribution in [3.63, 3.8) is 0 Å². The molecule has 84 valence electrons. The zero-order valence-corrected chi connectivity index (χ0v) is 9.21. The fourth-order valence-electron chi connectivity index (χ4n) is 1.66. The summed E-state index contributed by atoms with van der Waals surface area (Å²) in [6.45, 7) is 1.66. The van der Waals surface area contributed by atoms with E-state index >= 15 is 0 Å². The van der Waals surface area contributed by atoms with Crippen molar-refractivity contribution in [1.29, 1.82) is 0 Å². The minimum absolute atomic E-state index is 0.739. The number of benzene rings is 1. The molecule has 4 nitrogen and oxygen atoms in total. The third-order valence-corrected chi connectivity index (χ3v) is 2.50. The van der Waals surface area contributed by atoms with E-state index in [1.54, 1.807) is 6.33 Å². The number of unbranched alkanes of at least 4 members (excludes halogenated alkanes) is 1. The van der Waals surface area contributed by atoms with E-state index in [2.05, 4.69) is 14.8 Å². The van der Waals surface area contributed by atoms with Crippen LogP contribution in [0.15, 0.2) is 36.7 Å². The van der Waals surface area contributed by atoms with E-state index < -0.39 is 0 Å². The molecular weight excluding hydrogens is 200 g/mol. The zero-order valence-electron chi connectivity index (χ0n) is 9.21. The Morgan fingerprint density at radius 3 is 2.69 bits per heavy atom. The van der Waals surface area contributed by atoms with Gasteiger partial charge < -0.3 is 10.3 Å². The summed E-state index contributed by atoms with van der Waals surface area (Å²) < 4.78 is 2.07. The summed E-state index contributed by atoms with van der Waals surface area (Å²) in [4.78, 5) is 0. The molecule has 0 aliphatic carbocycles. The van der Waals surface area contributed by atoms with Gasteiger partial charge in [0.25, 0.3) is 0 Å². The standard InChI is InChI=1S/C12H16N4/c13-8-4-5-9-16-10-14-15-12(16)11-6-2-1-3-7-11/h1-3,6-7,10H,4-5,8-9,13H2. The van der Waals surface area contributed by atoms with Crippen LogP contribution < -0.4 is 5.73 Å². The molecule has 1 aromatic heterocycles. The number of aryl methyl sites for hydroxylation is 1. The van der Waals surface area contributed by atoms with E-state index in [0.717, 1.165) is 37.3 Å². The molecule has 0 aliphatic rings. The summed E-state index contributed by atoms with van der Waals surface area (Å²) in [5.41, 5.74) is 6.58. The van der Waals surface area contributed by atoms with Crippen molar-refractivity contribution in [2.45, 2.75) is 19.4 Å². The van der Waals surface area contributed by atoms with Crippen LogP contribution in [0, 0.1) is 0 Å². The highest BCUT2D eigenvalue weighted by atomic mass is 15.3. The lowest BCUT2D eigenvalue weighted by molar-refractivity contribution is 0.617. The third-order valence-electron chi connectivity index (χ3n) is 2.50.